The van der Waals surface area contributed by atoms with Crippen molar-refractivity contribution in [3.05, 3.63) is 0 Å². The van der Waals surface area contributed by atoms with Crippen LogP contribution in [0.3, 0.4) is 0 Å². The molecule has 0 fully saturated rings. The van der Waals surface area contributed by atoms with Crippen LogP contribution in [0.15, 0.2) is 0 Å². The summed E-state index contributed by atoms with van der Waals surface area (Å²) in [6.45, 7) is 2.24. The SMILES string of the molecule is CCCCCCCCCCCC[PH](=O)O.[Mo]. The Labute approximate surface area is 116 Å². The molecular weight excluding hydrogens is 303 g/mol. The minimum Gasteiger partial charge on any atom is -0.346 e. The topological polar surface area (TPSA) is 37.3 Å². The molecule has 0 amide bonds. The van der Waals surface area contributed by atoms with Gasteiger partial charge < -0.3 is 4.89 Å². The van der Waals surface area contributed by atoms with E-state index in [2.05, 4.69) is 6.92 Å². The van der Waals surface area contributed by atoms with Gasteiger partial charge in [-0.3, -0.25) is 4.57 Å². The van der Waals surface area contributed by atoms with E-state index in [1.165, 1.54) is 51.4 Å². The van der Waals surface area contributed by atoms with Crippen LogP contribution in [0.25, 0.3) is 0 Å². The molecule has 1 N–H and O–H groups in total. The maximum atomic E-state index is 10.4. The number of hydrogen-bond acceptors (Lipinski definition) is 1. The molecule has 0 rings (SSSR count). The second-order valence-corrected chi connectivity index (χ2v) is 5.61. The summed E-state index contributed by atoms with van der Waals surface area (Å²) in [5, 5.41) is 0. The third-order valence-corrected chi connectivity index (χ3v) is 3.53. The molecule has 0 heterocycles. The van der Waals surface area contributed by atoms with Crippen LogP contribution in [0.5, 0.6) is 0 Å². The van der Waals surface area contributed by atoms with Gasteiger partial charge in [0.15, 0.2) is 8.03 Å². The molecule has 4 heteroatoms. The van der Waals surface area contributed by atoms with Crippen molar-refractivity contribution in [2.45, 2.75) is 71.1 Å². The average molecular weight is 330 g/mol. The maximum absolute atomic E-state index is 10.4. The van der Waals surface area contributed by atoms with E-state index in [1.807, 2.05) is 0 Å². The van der Waals surface area contributed by atoms with E-state index in [0.717, 1.165) is 12.8 Å². The van der Waals surface area contributed by atoms with Gasteiger partial charge in [0.2, 0.25) is 0 Å². The summed E-state index contributed by atoms with van der Waals surface area (Å²) in [4.78, 5) is 8.62. The molecule has 0 spiro atoms. The van der Waals surface area contributed by atoms with Crippen molar-refractivity contribution in [2.75, 3.05) is 6.16 Å². The predicted molar refractivity (Wildman–Crippen MR) is 67.9 cm³/mol. The van der Waals surface area contributed by atoms with Gasteiger partial charge in [0.05, 0.1) is 0 Å². The molecule has 0 aromatic heterocycles. The monoisotopic (exact) mass is 332 g/mol. The van der Waals surface area contributed by atoms with Crippen LogP contribution in [0.4, 0.5) is 0 Å². The Bertz CT molecular complexity index is 154. The van der Waals surface area contributed by atoms with Crippen LogP contribution in [0, 0.1) is 0 Å². The molecule has 0 aliphatic rings. The van der Waals surface area contributed by atoms with E-state index in [9.17, 15) is 4.57 Å². The minimum atomic E-state index is -2.19. The van der Waals surface area contributed by atoms with Crippen molar-refractivity contribution >= 4 is 8.03 Å². The van der Waals surface area contributed by atoms with Gasteiger partial charge in [-0.15, -0.1) is 0 Å². The summed E-state index contributed by atoms with van der Waals surface area (Å²) < 4.78 is 10.4. The van der Waals surface area contributed by atoms with Crippen molar-refractivity contribution < 1.29 is 30.5 Å². The van der Waals surface area contributed by atoms with Crippen molar-refractivity contribution in [3.8, 4) is 0 Å². The zero-order chi connectivity index (χ0) is 11.4. The van der Waals surface area contributed by atoms with Gasteiger partial charge in [-0.2, -0.15) is 0 Å². The van der Waals surface area contributed by atoms with E-state index in [-0.39, 0.29) is 21.1 Å². The van der Waals surface area contributed by atoms with Gasteiger partial charge in [0.25, 0.3) is 0 Å². The van der Waals surface area contributed by atoms with E-state index < -0.39 is 8.03 Å². The Morgan fingerprint density at radius 3 is 1.56 bits per heavy atom. The number of hydrogen-bond donors (Lipinski definition) is 1. The maximum Gasteiger partial charge on any atom is 0.189 e. The third kappa shape index (κ3) is 17.3. The van der Waals surface area contributed by atoms with E-state index in [4.69, 9.17) is 4.89 Å². The fraction of sp³-hybridized carbons (Fsp3) is 1.00. The summed E-state index contributed by atoms with van der Waals surface area (Å²) in [6, 6.07) is 0. The van der Waals surface area contributed by atoms with Crippen molar-refractivity contribution in [1.82, 2.24) is 0 Å². The Hall–Kier alpha value is 0.878. The van der Waals surface area contributed by atoms with Gasteiger partial charge in [0.1, 0.15) is 0 Å². The zero-order valence-electron chi connectivity index (χ0n) is 10.5. The van der Waals surface area contributed by atoms with E-state index in [0.29, 0.717) is 6.16 Å². The number of rotatable bonds is 11. The molecule has 2 nitrogen and oxygen atoms in total. The molecule has 0 aliphatic carbocycles. The van der Waals surface area contributed by atoms with Gasteiger partial charge in [0, 0.05) is 27.2 Å². The third-order valence-electron chi connectivity index (χ3n) is 2.74. The molecule has 1 unspecified atom stereocenters. The molecule has 0 aromatic carbocycles. The first-order valence-electron chi connectivity index (χ1n) is 6.49. The average Bonchev–Trinajstić information content (AvgIpc) is 2.20. The van der Waals surface area contributed by atoms with Gasteiger partial charge >= 0.3 is 0 Å². The van der Waals surface area contributed by atoms with Crippen LogP contribution in [-0.4, -0.2) is 11.1 Å². The summed E-state index contributed by atoms with van der Waals surface area (Å²) in [5.74, 6) is 0. The summed E-state index contributed by atoms with van der Waals surface area (Å²) in [6.07, 6.45) is 13.3. The Balaban J connectivity index is 0. The molecule has 0 saturated carbocycles. The van der Waals surface area contributed by atoms with Crippen molar-refractivity contribution in [1.29, 1.82) is 0 Å². The first-order chi connectivity index (χ1) is 7.27. The second kappa shape index (κ2) is 15.9. The normalized spacial score (nSPS) is 12.1. The van der Waals surface area contributed by atoms with Crippen LogP contribution >= 0.6 is 8.03 Å². The van der Waals surface area contributed by atoms with E-state index in [1.54, 1.807) is 0 Å². The van der Waals surface area contributed by atoms with Crippen LogP contribution in [0.2, 0.25) is 0 Å². The fourth-order valence-electron chi connectivity index (χ4n) is 1.76. The first-order valence-corrected chi connectivity index (χ1v) is 8.05. The summed E-state index contributed by atoms with van der Waals surface area (Å²) in [7, 11) is -2.19. The molecule has 0 aromatic rings. The molecule has 1 atom stereocenters. The molecule has 98 valence electrons. The van der Waals surface area contributed by atoms with Gasteiger partial charge in [-0.05, 0) is 6.42 Å². The Morgan fingerprint density at radius 1 is 0.812 bits per heavy atom. The Kier molecular flexibility index (Phi) is 19.1. The molecule has 0 saturated heterocycles. The summed E-state index contributed by atoms with van der Waals surface area (Å²) in [5.41, 5.74) is 0. The zero-order valence-corrected chi connectivity index (χ0v) is 13.5. The second-order valence-electron chi connectivity index (χ2n) is 4.33. The predicted octanol–water partition coefficient (Wildman–Crippen LogP) is 4.37. The first kappa shape index (κ1) is 19.2. The van der Waals surface area contributed by atoms with Gasteiger partial charge in [-0.25, -0.2) is 0 Å². The van der Waals surface area contributed by atoms with Crippen LogP contribution in [-0.2, 0) is 25.6 Å². The van der Waals surface area contributed by atoms with Crippen LogP contribution in [0.1, 0.15) is 71.1 Å². The molecule has 0 bridgehead atoms. The largest absolute Gasteiger partial charge is 0.346 e. The fourth-order valence-corrected chi connectivity index (χ4v) is 2.32. The van der Waals surface area contributed by atoms with Crippen molar-refractivity contribution in [3.63, 3.8) is 0 Å². The standard InChI is InChI=1S/C12H27O2P.Mo/c1-2-3-4-5-6-7-8-9-10-11-12-15(13)14;/h15H,2-12H2,1H3,(H,13,14);. The van der Waals surface area contributed by atoms with Crippen LogP contribution < -0.4 is 0 Å². The molecule has 16 heavy (non-hydrogen) atoms. The molecular formula is C12H27MoO2P. The van der Waals surface area contributed by atoms with E-state index >= 15 is 0 Å². The van der Waals surface area contributed by atoms with Crippen molar-refractivity contribution in [2.24, 2.45) is 0 Å². The molecule has 0 aliphatic heterocycles. The quantitative estimate of drug-likeness (QED) is 0.347. The summed E-state index contributed by atoms with van der Waals surface area (Å²) >= 11 is 0. The Morgan fingerprint density at radius 2 is 1.19 bits per heavy atom. The number of unbranched alkanes of at least 4 members (excludes halogenated alkanes) is 9. The minimum absolute atomic E-state index is 0. The van der Waals surface area contributed by atoms with Gasteiger partial charge in [-0.1, -0.05) is 64.7 Å². The smallest absolute Gasteiger partial charge is 0.189 e. The molecule has 0 radical (unpaired) electrons.